The van der Waals surface area contributed by atoms with Crippen molar-refractivity contribution < 1.29 is 9.59 Å². The molecule has 11 nitrogen and oxygen atoms in total. The third kappa shape index (κ3) is 14.4. The fourth-order valence-electron chi connectivity index (χ4n) is 5.86. The Morgan fingerprint density at radius 3 is 1.38 bits per heavy atom. The van der Waals surface area contributed by atoms with Gasteiger partial charge < -0.3 is 35.8 Å². The fourth-order valence-corrected chi connectivity index (χ4v) is 6.25. The normalized spacial score (nSPS) is 9.86. The lowest BCUT2D eigenvalue weighted by molar-refractivity contribution is 0.0975. The number of aromatic nitrogens is 3. The minimum Gasteiger partial charge on any atom is -0.398 e. The molecule has 0 aliphatic carbocycles. The molecular weight excluding hydrogens is 855 g/mol. The maximum atomic E-state index is 12.1. The van der Waals surface area contributed by atoms with Gasteiger partial charge in [-0.2, -0.15) is 4.99 Å². The van der Waals surface area contributed by atoms with Crippen molar-refractivity contribution in [3.05, 3.63) is 217 Å². The summed E-state index contributed by atoms with van der Waals surface area (Å²) in [5, 5.41) is 11.4. The number of hydrogen-bond acceptors (Lipinski definition) is 6. The summed E-state index contributed by atoms with van der Waals surface area (Å²) in [6, 6.07) is 47.9. The van der Waals surface area contributed by atoms with Crippen LogP contribution in [0.25, 0.3) is 17.1 Å². The molecule has 0 atom stereocenters. The number of nitrogen functional groups attached to an aromatic ring is 1. The van der Waals surface area contributed by atoms with Crippen LogP contribution >= 0.6 is 36.7 Å². The van der Waals surface area contributed by atoms with Gasteiger partial charge >= 0.3 is 0 Å². The van der Waals surface area contributed by atoms with Gasteiger partial charge in [-0.3, -0.25) is 14.9 Å². The molecule has 0 fully saturated rings. The molecule has 0 radical (unpaired) electrons. The lowest BCUT2D eigenvalue weighted by Crippen LogP contribution is -2.34. The van der Waals surface area contributed by atoms with Crippen LogP contribution in [0.3, 0.4) is 0 Å². The van der Waals surface area contributed by atoms with Crippen molar-refractivity contribution in [3.8, 4) is 17.1 Å². The molecule has 0 bridgehead atoms. The number of benzene rings is 5. The summed E-state index contributed by atoms with van der Waals surface area (Å²) in [6.07, 6.45) is 12.0. The van der Waals surface area contributed by atoms with Crippen molar-refractivity contribution in [3.63, 3.8) is 0 Å². The molecule has 0 aliphatic heterocycles. The smallest absolute Gasteiger partial charge is 0.285 e. The number of thiocarbonyl (C=S) groups is 3. The summed E-state index contributed by atoms with van der Waals surface area (Å²) in [7, 11) is 0. The van der Waals surface area contributed by atoms with E-state index in [2.05, 4.69) is 45.3 Å². The molecule has 0 saturated heterocycles. The lowest BCUT2D eigenvalue weighted by atomic mass is 10.2. The van der Waals surface area contributed by atoms with Crippen LogP contribution in [0.4, 0.5) is 17.1 Å². The minimum absolute atomic E-state index is 0.229. The van der Waals surface area contributed by atoms with Crippen molar-refractivity contribution in [2.75, 3.05) is 16.4 Å². The van der Waals surface area contributed by atoms with E-state index in [0.29, 0.717) is 11.1 Å². The standard InChI is InChI=1S/C19H17N3OS.C12H13N3S.C11H12N2.C8H5NOS/c1-14-9-10-16(22-11-5-6-12-22)13-17(14)20-19(24)21-18(23)15-7-3-2-4-8-15;1-9-4-5-10(15-6-2-3-7-15)8-11(9)14-12(13)16;1-9-4-5-10(8-11(9)12)13-6-2-3-7-13;10-8(9-6-11)7-4-2-1-3-5-7/h2-13H,1H3,(H2,20,21,23,24);2-8H,1H3,(H3,13,14,16);2-8H,12H2,1H3;1-5H. The maximum Gasteiger partial charge on any atom is 0.285 e. The van der Waals surface area contributed by atoms with E-state index in [4.69, 9.17) is 35.9 Å². The molecular formula is C50H47N9O2S3. The first-order valence-corrected chi connectivity index (χ1v) is 21.0. The predicted octanol–water partition coefficient (Wildman–Crippen LogP) is 10.7. The van der Waals surface area contributed by atoms with Crippen LogP contribution in [-0.4, -0.2) is 40.9 Å². The molecule has 3 aromatic heterocycles. The number of rotatable bonds is 7. The molecule has 322 valence electrons. The summed E-state index contributed by atoms with van der Waals surface area (Å²) in [5.41, 5.74) is 21.5. The zero-order valence-electron chi connectivity index (χ0n) is 35.4. The van der Waals surface area contributed by atoms with Crippen molar-refractivity contribution in [1.29, 1.82) is 0 Å². The second kappa shape index (κ2) is 24.0. The summed E-state index contributed by atoms with van der Waals surface area (Å²) in [6.45, 7) is 6.01. The molecule has 7 N–H and O–H groups in total. The van der Waals surface area contributed by atoms with E-state index in [1.165, 1.54) is 0 Å². The van der Waals surface area contributed by atoms with Gasteiger partial charge in [0.15, 0.2) is 10.2 Å². The number of nitrogens with one attached hydrogen (secondary N) is 3. The molecule has 5 aromatic carbocycles. The van der Waals surface area contributed by atoms with Crippen molar-refractivity contribution in [2.24, 2.45) is 10.7 Å². The van der Waals surface area contributed by atoms with Crippen molar-refractivity contribution in [1.82, 2.24) is 19.0 Å². The molecule has 3 heterocycles. The summed E-state index contributed by atoms with van der Waals surface area (Å²) < 4.78 is 6.08. The predicted molar refractivity (Wildman–Crippen MR) is 272 cm³/mol. The van der Waals surface area contributed by atoms with Crippen LogP contribution in [0.2, 0.25) is 0 Å². The first-order valence-electron chi connectivity index (χ1n) is 19.8. The molecule has 0 saturated carbocycles. The van der Waals surface area contributed by atoms with Crippen LogP contribution < -0.4 is 27.4 Å². The van der Waals surface area contributed by atoms with Gasteiger partial charge in [0.2, 0.25) is 0 Å². The highest BCUT2D eigenvalue weighted by atomic mass is 32.1. The quantitative estimate of drug-likeness (QED) is 0.0599. The van der Waals surface area contributed by atoms with E-state index in [1.807, 2.05) is 180 Å². The molecule has 8 rings (SSSR count). The van der Waals surface area contributed by atoms with Gasteiger partial charge in [-0.05, 0) is 171 Å². The fraction of sp³-hybridized carbons (Fsp3) is 0.0600. The van der Waals surface area contributed by atoms with Crippen LogP contribution in [0.5, 0.6) is 0 Å². The SMILES string of the molecule is Cc1ccc(-n2cccc2)cc1N.Cc1ccc(-n2cccc2)cc1NC(=S)NC(=O)c1ccccc1.Cc1ccc(-n2cccc2)cc1NC(N)=S.O=C(N=C=S)c1ccccc1. The zero-order chi connectivity index (χ0) is 45.8. The number of isothiocyanates is 1. The van der Waals surface area contributed by atoms with Gasteiger partial charge in [0.05, 0.1) is 5.16 Å². The zero-order valence-corrected chi connectivity index (χ0v) is 37.8. The van der Waals surface area contributed by atoms with Gasteiger partial charge in [-0.15, -0.1) is 0 Å². The van der Waals surface area contributed by atoms with Gasteiger partial charge in [0.25, 0.3) is 11.8 Å². The molecule has 0 spiro atoms. The number of nitrogens with zero attached hydrogens (tertiary/aromatic N) is 4. The second-order valence-corrected chi connectivity index (χ2v) is 15.0. The Bertz CT molecular complexity index is 2820. The van der Waals surface area contributed by atoms with Crippen molar-refractivity contribution in [2.45, 2.75) is 20.8 Å². The highest BCUT2D eigenvalue weighted by Crippen LogP contribution is 2.21. The average molecular weight is 902 g/mol. The number of nitrogens with two attached hydrogens (primary N) is 2. The molecule has 64 heavy (non-hydrogen) atoms. The van der Waals surface area contributed by atoms with Gasteiger partial charge in [-0.25, -0.2) is 0 Å². The van der Waals surface area contributed by atoms with E-state index in [-0.39, 0.29) is 22.0 Å². The third-order valence-electron chi connectivity index (χ3n) is 9.35. The van der Waals surface area contributed by atoms with E-state index in [9.17, 15) is 9.59 Å². The van der Waals surface area contributed by atoms with Crippen molar-refractivity contribution >= 4 is 80.9 Å². The summed E-state index contributed by atoms with van der Waals surface area (Å²) >= 11 is 14.4. The third-order valence-corrected chi connectivity index (χ3v) is 9.75. The molecule has 0 aliphatic rings. The number of carbonyl (C=O) groups is 2. The van der Waals surface area contributed by atoms with Crippen LogP contribution in [0.1, 0.15) is 37.4 Å². The Kier molecular flexibility index (Phi) is 17.8. The van der Waals surface area contributed by atoms with Gasteiger partial charge in [-0.1, -0.05) is 54.6 Å². The average Bonchev–Trinajstić information content (AvgIpc) is 4.14. The monoisotopic (exact) mass is 901 g/mol. The maximum absolute atomic E-state index is 12.1. The van der Waals surface area contributed by atoms with Gasteiger partial charge in [0, 0.05) is 82.4 Å². The molecule has 0 unspecified atom stereocenters. The molecule has 8 aromatic rings. The van der Waals surface area contributed by atoms with Crippen LogP contribution in [-0.2, 0) is 0 Å². The highest BCUT2D eigenvalue weighted by molar-refractivity contribution is 7.80. The number of aryl methyl sites for hydroxylation is 3. The molecule has 14 heteroatoms. The Balaban J connectivity index is 0.000000168. The van der Waals surface area contributed by atoms with Gasteiger partial charge in [0.1, 0.15) is 0 Å². The Hall–Kier alpha value is -7.74. The number of carbonyl (C=O) groups excluding carboxylic acids is 2. The second-order valence-electron chi connectivity index (χ2n) is 13.9. The number of amides is 2. The highest BCUT2D eigenvalue weighted by Gasteiger charge is 2.09. The Labute approximate surface area is 389 Å². The van der Waals surface area contributed by atoms with E-state index < -0.39 is 0 Å². The molecule has 2 amide bonds. The first-order chi connectivity index (χ1) is 30.9. The topological polar surface area (TPSA) is 149 Å². The van der Waals surface area contributed by atoms with Crippen LogP contribution in [0, 0.1) is 20.8 Å². The Morgan fingerprint density at radius 2 is 0.953 bits per heavy atom. The summed E-state index contributed by atoms with van der Waals surface area (Å²) in [5.74, 6) is -0.576. The lowest BCUT2D eigenvalue weighted by Gasteiger charge is -2.13. The number of hydrogen-bond donors (Lipinski definition) is 5. The largest absolute Gasteiger partial charge is 0.398 e. The number of aliphatic imine (C=N–C) groups is 1. The van der Waals surface area contributed by atoms with E-state index in [0.717, 1.165) is 50.8 Å². The van der Waals surface area contributed by atoms with E-state index in [1.54, 1.807) is 36.4 Å². The minimum atomic E-state index is -0.347. The number of anilines is 3. The van der Waals surface area contributed by atoms with E-state index >= 15 is 0 Å². The first kappa shape index (κ1) is 47.3. The summed E-state index contributed by atoms with van der Waals surface area (Å²) in [4.78, 5) is 26.4. The van der Waals surface area contributed by atoms with Crippen LogP contribution in [0.15, 0.2) is 194 Å². The Morgan fingerprint density at radius 1 is 0.547 bits per heavy atom.